The Labute approximate surface area is 140 Å². The lowest BCUT2D eigenvalue weighted by atomic mass is 9.99. The van der Waals surface area contributed by atoms with E-state index < -0.39 is 0 Å². The van der Waals surface area contributed by atoms with Crippen molar-refractivity contribution >= 4 is 11.6 Å². The Morgan fingerprint density at radius 2 is 2.26 bits per heavy atom. The summed E-state index contributed by atoms with van der Waals surface area (Å²) in [4.78, 5) is 14.3. The topological polar surface area (TPSA) is 55.6 Å². The van der Waals surface area contributed by atoms with Gasteiger partial charge >= 0.3 is 0 Å². The third-order valence-electron chi connectivity index (χ3n) is 4.47. The minimum atomic E-state index is 0.262. The van der Waals surface area contributed by atoms with Gasteiger partial charge in [0.15, 0.2) is 0 Å². The second-order valence-electron chi connectivity index (χ2n) is 6.66. The van der Waals surface area contributed by atoms with Crippen LogP contribution in [0.1, 0.15) is 51.5 Å². The van der Waals surface area contributed by atoms with Gasteiger partial charge in [-0.15, -0.1) is 0 Å². The van der Waals surface area contributed by atoms with Gasteiger partial charge in [0.05, 0.1) is 12.3 Å². The van der Waals surface area contributed by atoms with Crippen molar-refractivity contribution in [3.05, 3.63) is 23.8 Å². The molecule has 0 radical (unpaired) electrons. The number of carbonyl (C=O) groups excluding carboxylic acids is 1. The van der Waals surface area contributed by atoms with Crippen LogP contribution in [0.25, 0.3) is 0 Å². The molecule has 0 aliphatic carbocycles. The molecule has 1 aromatic rings. The highest BCUT2D eigenvalue weighted by molar-refractivity contribution is 5.76. The van der Waals surface area contributed by atoms with E-state index >= 15 is 0 Å². The quantitative estimate of drug-likeness (QED) is 0.617. The van der Waals surface area contributed by atoms with E-state index in [2.05, 4.69) is 13.8 Å². The Bertz CT molecular complexity index is 516. The van der Waals surface area contributed by atoms with Crippen LogP contribution in [0.2, 0.25) is 0 Å². The minimum absolute atomic E-state index is 0.262. The molecule has 2 N–H and O–H groups in total. The monoisotopic (exact) mass is 318 g/mol. The number of nitrogens with two attached hydrogens (primary N) is 1. The zero-order valence-corrected chi connectivity index (χ0v) is 14.5. The summed E-state index contributed by atoms with van der Waals surface area (Å²) in [5, 5.41) is 0. The highest BCUT2D eigenvalue weighted by Crippen LogP contribution is 2.24. The second kappa shape index (κ2) is 8.80. The van der Waals surface area contributed by atoms with Gasteiger partial charge in [-0.2, -0.15) is 0 Å². The Morgan fingerprint density at radius 1 is 1.43 bits per heavy atom. The fourth-order valence-corrected chi connectivity index (χ4v) is 3.04. The van der Waals surface area contributed by atoms with Crippen LogP contribution in [0.15, 0.2) is 18.2 Å². The molecular formula is C19H30N2O2. The van der Waals surface area contributed by atoms with Gasteiger partial charge in [-0.1, -0.05) is 26.3 Å². The molecule has 1 aliphatic heterocycles. The third kappa shape index (κ3) is 5.45. The van der Waals surface area contributed by atoms with Crippen LogP contribution in [0.4, 0.5) is 5.69 Å². The second-order valence-corrected chi connectivity index (χ2v) is 6.66. The molecule has 2 rings (SSSR count). The van der Waals surface area contributed by atoms with Crippen LogP contribution in [0, 0.1) is 5.92 Å². The van der Waals surface area contributed by atoms with Crippen LogP contribution >= 0.6 is 0 Å². The number of likely N-dealkylation sites (tertiary alicyclic amines) is 1. The minimum Gasteiger partial charge on any atom is -0.491 e. The number of carbonyl (C=O) groups is 1. The number of aryl methyl sites for hydroxylation is 1. The molecule has 0 bridgehead atoms. The number of anilines is 1. The average Bonchev–Trinajstić information content (AvgIpc) is 2.54. The molecule has 1 unspecified atom stereocenters. The molecule has 4 heteroatoms. The van der Waals surface area contributed by atoms with Gasteiger partial charge < -0.3 is 15.4 Å². The molecule has 1 saturated heterocycles. The first-order valence-electron chi connectivity index (χ1n) is 8.89. The van der Waals surface area contributed by atoms with Crippen molar-refractivity contribution in [1.29, 1.82) is 0 Å². The Hall–Kier alpha value is -1.71. The maximum absolute atomic E-state index is 12.3. The van der Waals surface area contributed by atoms with Crippen LogP contribution in [-0.2, 0) is 11.2 Å². The lowest BCUT2D eigenvalue weighted by Gasteiger charge is -2.31. The van der Waals surface area contributed by atoms with Crippen LogP contribution in [0.3, 0.4) is 0 Å². The molecule has 1 amide bonds. The number of hydrogen-bond donors (Lipinski definition) is 1. The molecule has 4 nitrogen and oxygen atoms in total. The van der Waals surface area contributed by atoms with E-state index in [1.54, 1.807) is 0 Å². The van der Waals surface area contributed by atoms with E-state index in [1.165, 1.54) is 6.42 Å². The Morgan fingerprint density at radius 3 is 2.96 bits per heavy atom. The van der Waals surface area contributed by atoms with Crippen molar-refractivity contribution in [2.45, 2.75) is 52.4 Å². The first-order chi connectivity index (χ1) is 11.1. The number of hydrogen-bond acceptors (Lipinski definition) is 3. The SMILES string of the molecule is CCCCOc1ccc(CCC(=O)N2CCCC(C)C2)cc1N. The lowest BCUT2D eigenvalue weighted by molar-refractivity contribution is -0.132. The molecule has 1 aromatic carbocycles. The summed E-state index contributed by atoms with van der Waals surface area (Å²) in [6, 6.07) is 5.88. The molecule has 23 heavy (non-hydrogen) atoms. The van der Waals surface area contributed by atoms with Gasteiger partial charge in [0.2, 0.25) is 5.91 Å². The normalized spacial score (nSPS) is 18.0. The van der Waals surface area contributed by atoms with Crippen LogP contribution in [0.5, 0.6) is 5.75 Å². The molecule has 1 fully saturated rings. The maximum Gasteiger partial charge on any atom is 0.222 e. The predicted octanol–water partition coefficient (Wildman–Crippen LogP) is 3.64. The summed E-state index contributed by atoms with van der Waals surface area (Å²) in [5.41, 5.74) is 7.82. The fourth-order valence-electron chi connectivity index (χ4n) is 3.04. The van der Waals surface area contributed by atoms with Crippen molar-refractivity contribution < 1.29 is 9.53 Å². The smallest absolute Gasteiger partial charge is 0.222 e. The summed E-state index contributed by atoms with van der Waals surface area (Å²) in [7, 11) is 0. The predicted molar refractivity (Wildman–Crippen MR) is 94.6 cm³/mol. The maximum atomic E-state index is 12.3. The highest BCUT2D eigenvalue weighted by Gasteiger charge is 2.20. The average molecular weight is 318 g/mol. The third-order valence-corrected chi connectivity index (χ3v) is 4.47. The standard InChI is InChI=1S/C19H30N2O2/c1-3-4-12-23-18-9-7-16(13-17(18)20)8-10-19(22)21-11-5-6-15(2)14-21/h7,9,13,15H,3-6,8,10-12,14,20H2,1-2H3. The zero-order valence-electron chi connectivity index (χ0n) is 14.5. The number of ether oxygens (including phenoxy) is 1. The number of unbranched alkanes of at least 4 members (excludes halogenated alkanes) is 1. The van der Waals surface area contributed by atoms with Gasteiger partial charge in [-0.05, 0) is 49.3 Å². The molecule has 1 atom stereocenters. The summed E-state index contributed by atoms with van der Waals surface area (Å²) in [5.74, 6) is 1.64. The Kier molecular flexibility index (Phi) is 6.75. The molecule has 1 heterocycles. The van der Waals surface area contributed by atoms with Crippen LogP contribution < -0.4 is 10.5 Å². The van der Waals surface area contributed by atoms with Gasteiger partial charge in [0.25, 0.3) is 0 Å². The molecule has 0 saturated carbocycles. The molecule has 128 valence electrons. The zero-order chi connectivity index (χ0) is 16.7. The van der Waals surface area contributed by atoms with E-state index in [4.69, 9.17) is 10.5 Å². The summed E-state index contributed by atoms with van der Waals surface area (Å²) in [6.45, 7) is 6.87. The summed E-state index contributed by atoms with van der Waals surface area (Å²) >= 11 is 0. The molecular weight excluding hydrogens is 288 g/mol. The van der Waals surface area contributed by atoms with Crippen LogP contribution in [-0.4, -0.2) is 30.5 Å². The van der Waals surface area contributed by atoms with Gasteiger partial charge in [-0.3, -0.25) is 4.79 Å². The highest BCUT2D eigenvalue weighted by atomic mass is 16.5. The first-order valence-corrected chi connectivity index (χ1v) is 8.89. The molecule has 1 aliphatic rings. The summed E-state index contributed by atoms with van der Waals surface area (Å²) < 4.78 is 5.66. The number of nitrogens with zero attached hydrogens (tertiary/aromatic N) is 1. The van der Waals surface area contributed by atoms with Crippen molar-refractivity contribution in [2.75, 3.05) is 25.4 Å². The molecule has 0 aromatic heterocycles. The fraction of sp³-hybridized carbons (Fsp3) is 0.632. The number of piperidine rings is 1. The number of amides is 1. The van der Waals surface area contributed by atoms with Crippen molar-refractivity contribution in [2.24, 2.45) is 5.92 Å². The van der Waals surface area contributed by atoms with E-state index in [9.17, 15) is 4.79 Å². The number of benzene rings is 1. The van der Waals surface area contributed by atoms with Gasteiger partial charge in [0, 0.05) is 19.5 Å². The van der Waals surface area contributed by atoms with Crippen molar-refractivity contribution in [1.82, 2.24) is 4.90 Å². The first kappa shape index (κ1) is 17.6. The lowest BCUT2D eigenvalue weighted by Crippen LogP contribution is -2.39. The Balaban J connectivity index is 1.83. The number of rotatable bonds is 7. The van der Waals surface area contributed by atoms with Gasteiger partial charge in [-0.25, -0.2) is 0 Å². The largest absolute Gasteiger partial charge is 0.491 e. The van der Waals surface area contributed by atoms with Crippen molar-refractivity contribution in [3.63, 3.8) is 0 Å². The van der Waals surface area contributed by atoms with Gasteiger partial charge in [0.1, 0.15) is 5.75 Å². The van der Waals surface area contributed by atoms with E-state index in [-0.39, 0.29) is 5.91 Å². The molecule has 0 spiro atoms. The van der Waals surface area contributed by atoms with Crippen molar-refractivity contribution in [3.8, 4) is 5.75 Å². The van der Waals surface area contributed by atoms with E-state index in [0.29, 0.717) is 24.6 Å². The number of nitrogen functional groups attached to an aromatic ring is 1. The van der Waals surface area contributed by atoms with E-state index in [0.717, 1.165) is 50.1 Å². The summed E-state index contributed by atoms with van der Waals surface area (Å²) in [6.07, 6.45) is 5.80. The van der Waals surface area contributed by atoms with E-state index in [1.807, 2.05) is 23.1 Å².